The van der Waals surface area contributed by atoms with Gasteiger partial charge in [0, 0.05) is 30.1 Å². The minimum absolute atomic E-state index is 0.00861. The molecule has 0 amide bonds. The lowest BCUT2D eigenvalue weighted by atomic mass is 10.0. The molecule has 0 aliphatic carbocycles. The molecule has 0 saturated carbocycles. The number of para-hydroxylation sites is 1. The van der Waals surface area contributed by atoms with E-state index < -0.39 is 38.7 Å². The zero-order valence-corrected chi connectivity index (χ0v) is 19.5. The van der Waals surface area contributed by atoms with Crippen LogP contribution in [0.25, 0.3) is 28.0 Å². The Hall–Kier alpha value is -3.77. The highest BCUT2D eigenvalue weighted by molar-refractivity contribution is 7.88. The fourth-order valence-corrected chi connectivity index (χ4v) is 4.09. The summed E-state index contributed by atoms with van der Waals surface area (Å²) in [7, 11) is -3.43. The number of rotatable bonds is 7. The highest BCUT2D eigenvalue weighted by Gasteiger charge is 2.20. The van der Waals surface area contributed by atoms with Crippen LogP contribution in [0.5, 0.6) is 0 Å². The van der Waals surface area contributed by atoms with Crippen molar-refractivity contribution in [1.82, 2.24) is 19.3 Å². The smallest absolute Gasteiger partial charge is 0.256 e. The monoisotopic (exact) mass is 503 g/mol. The van der Waals surface area contributed by atoms with E-state index >= 15 is 0 Å². The van der Waals surface area contributed by atoms with Gasteiger partial charge in [-0.15, -0.1) is 0 Å². The molecule has 12 heteroatoms. The molecule has 0 spiro atoms. The van der Waals surface area contributed by atoms with Crippen LogP contribution in [0.15, 0.2) is 53.3 Å². The number of aromatic nitrogens is 3. The standard InChI is InChI=1S/C23H20F3N5O3S/c1-13-12-14(24)6-7-15(13)20-16-8-9-19(32)31(21-17(25)4-3-5-18(21)26)22(16)30-23(29-20)27-10-11-28-35(2,33)34/h3-9,12,28H,10-11H2,1-2H3,(H,27,29,30). The summed E-state index contributed by atoms with van der Waals surface area (Å²) in [6, 6.07) is 9.83. The molecule has 0 fully saturated rings. The summed E-state index contributed by atoms with van der Waals surface area (Å²) < 4.78 is 68.8. The predicted octanol–water partition coefficient (Wildman–Crippen LogP) is 3.13. The second-order valence-electron chi connectivity index (χ2n) is 7.76. The van der Waals surface area contributed by atoms with Gasteiger partial charge in [0.25, 0.3) is 5.56 Å². The van der Waals surface area contributed by atoms with E-state index in [1.165, 1.54) is 30.3 Å². The molecule has 0 aliphatic heterocycles. The van der Waals surface area contributed by atoms with Gasteiger partial charge in [-0.05, 0) is 48.9 Å². The molecule has 0 bridgehead atoms. The second-order valence-corrected chi connectivity index (χ2v) is 9.60. The lowest BCUT2D eigenvalue weighted by molar-refractivity contribution is 0.568. The molecule has 2 heterocycles. The molecule has 0 saturated heterocycles. The number of nitrogens with zero attached hydrogens (tertiary/aromatic N) is 3. The van der Waals surface area contributed by atoms with Crippen LogP contribution in [0.2, 0.25) is 0 Å². The first-order valence-corrected chi connectivity index (χ1v) is 12.3. The summed E-state index contributed by atoms with van der Waals surface area (Å²) in [4.78, 5) is 21.6. The number of hydrogen-bond donors (Lipinski definition) is 2. The Morgan fingerprint density at radius 3 is 2.34 bits per heavy atom. The summed E-state index contributed by atoms with van der Waals surface area (Å²) in [6.07, 6.45) is 1.01. The van der Waals surface area contributed by atoms with Crippen molar-refractivity contribution >= 4 is 27.0 Å². The molecule has 4 aromatic rings. The number of anilines is 1. The van der Waals surface area contributed by atoms with Crippen molar-refractivity contribution in [1.29, 1.82) is 0 Å². The first-order valence-electron chi connectivity index (χ1n) is 10.4. The minimum atomic E-state index is -3.43. The van der Waals surface area contributed by atoms with Crippen LogP contribution >= 0.6 is 0 Å². The fraction of sp³-hybridized carbons (Fsp3) is 0.174. The van der Waals surface area contributed by atoms with E-state index in [9.17, 15) is 26.4 Å². The summed E-state index contributed by atoms with van der Waals surface area (Å²) >= 11 is 0. The van der Waals surface area contributed by atoms with E-state index in [4.69, 9.17) is 0 Å². The van der Waals surface area contributed by atoms with Crippen molar-refractivity contribution in [3.8, 4) is 16.9 Å². The molecular weight excluding hydrogens is 483 g/mol. The van der Waals surface area contributed by atoms with Crippen LogP contribution in [0.3, 0.4) is 0 Å². The molecule has 35 heavy (non-hydrogen) atoms. The Morgan fingerprint density at radius 2 is 1.69 bits per heavy atom. The molecule has 0 atom stereocenters. The lowest BCUT2D eigenvalue weighted by Crippen LogP contribution is -2.28. The summed E-state index contributed by atoms with van der Waals surface area (Å²) in [5, 5.41) is 3.14. The van der Waals surface area contributed by atoms with Crippen molar-refractivity contribution in [2.24, 2.45) is 0 Å². The molecule has 2 aromatic heterocycles. The van der Waals surface area contributed by atoms with Gasteiger partial charge in [0.15, 0.2) is 5.65 Å². The summed E-state index contributed by atoms with van der Waals surface area (Å²) in [5.41, 5.74) is -0.0925. The molecule has 0 unspecified atom stereocenters. The normalized spacial score (nSPS) is 11.7. The average molecular weight is 504 g/mol. The van der Waals surface area contributed by atoms with E-state index in [2.05, 4.69) is 20.0 Å². The van der Waals surface area contributed by atoms with Gasteiger partial charge < -0.3 is 5.32 Å². The average Bonchev–Trinajstić information content (AvgIpc) is 2.77. The summed E-state index contributed by atoms with van der Waals surface area (Å²) in [6.45, 7) is 1.75. The number of pyridine rings is 1. The van der Waals surface area contributed by atoms with Gasteiger partial charge in [0.1, 0.15) is 23.1 Å². The summed E-state index contributed by atoms with van der Waals surface area (Å²) in [5.74, 6) is -2.42. The van der Waals surface area contributed by atoms with Gasteiger partial charge in [-0.25, -0.2) is 31.3 Å². The molecule has 182 valence electrons. The fourth-order valence-electron chi connectivity index (χ4n) is 3.62. The van der Waals surface area contributed by atoms with Gasteiger partial charge in [-0.1, -0.05) is 6.07 Å². The van der Waals surface area contributed by atoms with Crippen LogP contribution in [0.4, 0.5) is 19.1 Å². The first kappa shape index (κ1) is 24.4. The Bertz CT molecular complexity index is 1590. The number of fused-ring (bicyclic) bond motifs is 1. The number of aryl methyl sites for hydroxylation is 1. The van der Waals surface area contributed by atoms with Crippen molar-refractivity contribution in [3.63, 3.8) is 0 Å². The third kappa shape index (κ3) is 5.17. The second kappa shape index (κ2) is 9.47. The van der Waals surface area contributed by atoms with Crippen molar-refractivity contribution in [2.45, 2.75) is 6.92 Å². The van der Waals surface area contributed by atoms with E-state index in [1.807, 2.05) is 0 Å². The SMILES string of the molecule is Cc1cc(F)ccc1-c1nc(NCCNS(C)(=O)=O)nc2c1ccc(=O)n2-c1c(F)cccc1F. The third-order valence-corrected chi connectivity index (χ3v) is 5.86. The highest BCUT2D eigenvalue weighted by Crippen LogP contribution is 2.31. The molecule has 0 aliphatic rings. The van der Waals surface area contributed by atoms with E-state index in [-0.39, 0.29) is 30.4 Å². The van der Waals surface area contributed by atoms with E-state index in [0.29, 0.717) is 16.5 Å². The van der Waals surface area contributed by atoms with Crippen LogP contribution in [-0.4, -0.2) is 42.3 Å². The number of hydrogen-bond acceptors (Lipinski definition) is 6. The lowest BCUT2D eigenvalue weighted by Gasteiger charge is -2.16. The Balaban J connectivity index is 1.96. The number of halogens is 3. The van der Waals surface area contributed by atoms with Crippen molar-refractivity contribution in [3.05, 3.63) is 81.9 Å². The topological polar surface area (TPSA) is 106 Å². The molecule has 2 aromatic carbocycles. The quantitative estimate of drug-likeness (QED) is 0.376. The maximum Gasteiger partial charge on any atom is 0.256 e. The Labute approximate surface area is 198 Å². The highest BCUT2D eigenvalue weighted by atomic mass is 32.2. The number of sulfonamides is 1. The van der Waals surface area contributed by atoms with Crippen LogP contribution < -0.4 is 15.6 Å². The Morgan fingerprint density at radius 1 is 0.971 bits per heavy atom. The van der Waals surface area contributed by atoms with E-state index in [1.54, 1.807) is 6.92 Å². The van der Waals surface area contributed by atoms with Crippen LogP contribution in [-0.2, 0) is 10.0 Å². The minimum Gasteiger partial charge on any atom is -0.353 e. The molecular formula is C23H20F3N5O3S. The third-order valence-electron chi connectivity index (χ3n) is 5.13. The van der Waals surface area contributed by atoms with Crippen LogP contribution in [0, 0.1) is 24.4 Å². The number of nitrogens with one attached hydrogen (secondary N) is 2. The van der Waals surface area contributed by atoms with Crippen LogP contribution in [0.1, 0.15) is 5.56 Å². The maximum absolute atomic E-state index is 14.7. The van der Waals surface area contributed by atoms with E-state index in [0.717, 1.165) is 29.0 Å². The zero-order chi connectivity index (χ0) is 25.3. The molecule has 0 radical (unpaired) electrons. The van der Waals surface area contributed by atoms with Gasteiger partial charge in [-0.3, -0.25) is 9.36 Å². The van der Waals surface area contributed by atoms with Gasteiger partial charge in [-0.2, -0.15) is 4.98 Å². The molecule has 4 rings (SSSR count). The first-order chi connectivity index (χ1) is 16.5. The Kier molecular flexibility index (Phi) is 6.59. The number of benzene rings is 2. The molecule has 2 N–H and O–H groups in total. The van der Waals surface area contributed by atoms with Gasteiger partial charge in [0.05, 0.1) is 11.9 Å². The van der Waals surface area contributed by atoms with Crippen molar-refractivity contribution < 1.29 is 21.6 Å². The zero-order valence-electron chi connectivity index (χ0n) is 18.6. The maximum atomic E-state index is 14.7. The predicted molar refractivity (Wildman–Crippen MR) is 127 cm³/mol. The molecule has 8 nitrogen and oxygen atoms in total. The van der Waals surface area contributed by atoms with Gasteiger partial charge >= 0.3 is 0 Å². The van der Waals surface area contributed by atoms with Crippen molar-refractivity contribution in [2.75, 3.05) is 24.7 Å². The largest absolute Gasteiger partial charge is 0.353 e. The van der Waals surface area contributed by atoms with Gasteiger partial charge in [0.2, 0.25) is 16.0 Å².